The number of hydrogen-bond donors (Lipinski definition) is 3. The Labute approximate surface area is 180 Å². The summed E-state index contributed by atoms with van der Waals surface area (Å²) in [6, 6.07) is 12.7. The average Bonchev–Trinajstić information content (AvgIpc) is 3.13. The number of phenolic OH excluding ortho intramolecular Hbond substituents is 1. The highest BCUT2D eigenvalue weighted by atomic mass is 16.5. The number of para-hydroxylation sites is 1. The van der Waals surface area contributed by atoms with Gasteiger partial charge in [0.1, 0.15) is 11.6 Å². The van der Waals surface area contributed by atoms with Gasteiger partial charge >= 0.3 is 6.09 Å². The Morgan fingerprint density at radius 2 is 2.06 bits per heavy atom. The monoisotopic (exact) mass is 422 g/mol. The van der Waals surface area contributed by atoms with Crippen LogP contribution in [0.4, 0.5) is 10.6 Å². The molecule has 0 bridgehead atoms. The van der Waals surface area contributed by atoms with Gasteiger partial charge in [-0.15, -0.1) is 0 Å². The third-order valence-electron chi connectivity index (χ3n) is 5.72. The predicted molar refractivity (Wildman–Crippen MR) is 119 cm³/mol. The number of nitrogens with zero attached hydrogens (tertiary/aromatic N) is 3. The molecule has 2 aromatic carbocycles. The second kappa shape index (κ2) is 8.77. The minimum Gasteiger partial charge on any atom is -0.507 e. The van der Waals surface area contributed by atoms with E-state index in [4.69, 9.17) is 14.7 Å². The van der Waals surface area contributed by atoms with Gasteiger partial charge in [-0.25, -0.2) is 14.8 Å². The molecule has 1 fully saturated rings. The standard InChI is InChI=1S/C23H26N4O4/c1-14-7-8-15-18(13-14)24-21(16-5-3-4-6-20(16)28)26-22(15)27-11-9-17(25-23(29)30)19(27)10-12-31-2/h3-8,13,17,19,25,28H,9-12H2,1-2H3,(H,29,30)/t17-,19?/m1/s1. The number of aromatic hydroxyl groups is 1. The highest BCUT2D eigenvalue weighted by Gasteiger charge is 2.36. The molecule has 8 nitrogen and oxygen atoms in total. The number of anilines is 1. The SMILES string of the molecule is COCCC1[C@H](NC(=O)O)CCN1c1nc(-c2ccccc2O)nc2cc(C)ccc12. The molecule has 1 aliphatic rings. The molecular weight excluding hydrogens is 396 g/mol. The number of aryl methyl sites for hydroxylation is 1. The van der Waals surface area contributed by atoms with Gasteiger partial charge in [-0.05, 0) is 49.6 Å². The van der Waals surface area contributed by atoms with Crippen molar-refractivity contribution in [1.82, 2.24) is 15.3 Å². The van der Waals surface area contributed by atoms with Gasteiger partial charge in [-0.2, -0.15) is 0 Å². The molecule has 8 heteroatoms. The lowest BCUT2D eigenvalue weighted by Gasteiger charge is -2.30. The molecule has 2 heterocycles. The first-order valence-corrected chi connectivity index (χ1v) is 10.3. The molecule has 4 rings (SSSR count). The van der Waals surface area contributed by atoms with Crippen molar-refractivity contribution in [2.24, 2.45) is 0 Å². The Balaban J connectivity index is 1.85. The quantitative estimate of drug-likeness (QED) is 0.557. The van der Waals surface area contributed by atoms with Gasteiger partial charge in [0.05, 0.1) is 23.2 Å². The topological polar surface area (TPSA) is 108 Å². The molecule has 1 aromatic heterocycles. The lowest BCUT2D eigenvalue weighted by atomic mass is 10.1. The number of carboxylic acid groups (broad SMARTS) is 1. The molecular formula is C23H26N4O4. The van der Waals surface area contributed by atoms with Gasteiger partial charge in [-0.1, -0.05) is 18.2 Å². The summed E-state index contributed by atoms with van der Waals surface area (Å²) in [6.45, 7) is 3.16. The first-order chi connectivity index (χ1) is 15.0. The molecule has 3 N–H and O–H groups in total. The van der Waals surface area contributed by atoms with Crippen LogP contribution in [0.25, 0.3) is 22.3 Å². The van der Waals surface area contributed by atoms with Gasteiger partial charge in [0.2, 0.25) is 0 Å². The van der Waals surface area contributed by atoms with Crippen molar-refractivity contribution in [3.63, 3.8) is 0 Å². The van der Waals surface area contributed by atoms with E-state index in [1.54, 1.807) is 25.3 Å². The summed E-state index contributed by atoms with van der Waals surface area (Å²) in [5.74, 6) is 1.29. The number of phenols is 1. The molecule has 162 valence electrons. The average molecular weight is 422 g/mol. The highest BCUT2D eigenvalue weighted by molar-refractivity contribution is 5.92. The summed E-state index contributed by atoms with van der Waals surface area (Å²) in [4.78, 5) is 23.0. The number of ether oxygens (including phenoxy) is 1. The number of hydrogen-bond acceptors (Lipinski definition) is 6. The van der Waals surface area contributed by atoms with E-state index in [0.717, 1.165) is 22.3 Å². The zero-order valence-electron chi connectivity index (χ0n) is 17.6. The van der Waals surface area contributed by atoms with Crippen LogP contribution in [-0.2, 0) is 4.74 Å². The molecule has 1 unspecified atom stereocenters. The van der Waals surface area contributed by atoms with E-state index in [0.29, 0.717) is 37.4 Å². The number of fused-ring (bicyclic) bond motifs is 1. The van der Waals surface area contributed by atoms with Crippen LogP contribution < -0.4 is 10.2 Å². The summed E-state index contributed by atoms with van der Waals surface area (Å²) in [7, 11) is 1.64. The van der Waals surface area contributed by atoms with Crippen molar-refractivity contribution in [2.75, 3.05) is 25.2 Å². The third-order valence-corrected chi connectivity index (χ3v) is 5.72. The number of benzene rings is 2. The molecule has 3 aromatic rings. The number of aromatic nitrogens is 2. The maximum atomic E-state index is 11.3. The van der Waals surface area contributed by atoms with Crippen LogP contribution in [-0.4, -0.2) is 58.6 Å². The number of rotatable bonds is 6. The minimum atomic E-state index is -1.03. The van der Waals surface area contributed by atoms with E-state index < -0.39 is 6.09 Å². The van der Waals surface area contributed by atoms with Crippen molar-refractivity contribution in [2.45, 2.75) is 31.8 Å². The van der Waals surface area contributed by atoms with Crippen LogP contribution in [0.15, 0.2) is 42.5 Å². The van der Waals surface area contributed by atoms with Crippen molar-refractivity contribution >= 4 is 22.8 Å². The van der Waals surface area contributed by atoms with E-state index in [1.807, 2.05) is 31.2 Å². The minimum absolute atomic E-state index is 0.104. The lowest BCUT2D eigenvalue weighted by molar-refractivity contribution is 0.175. The van der Waals surface area contributed by atoms with Crippen LogP contribution in [0.2, 0.25) is 0 Å². The Morgan fingerprint density at radius 1 is 1.26 bits per heavy atom. The van der Waals surface area contributed by atoms with Gasteiger partial charge in [0, 0.05) is 25.6 Å². The number of nitrogens with one attached hydrogen (secondary N) is 1. The first kappa shape index (κ1) is 20.9. The summed E-state index contributed by atoms with van der Waals surface area (Å²) < 4.78 is 5.29. The summed E-state index contributed by atoms with van der Waals surface area (Å²) in [5, 5.41) is 23.2. The second-order valence-corrected chi connectivity index (χ2v) is 7.80. The Bertz CT molecular complexity index is 1100. The highest BCUT2D eigenvalue weighted by Crippen LogP contribution is 2.35. The first-order valence-electron chi connectivity index (χ1n) is 10.3. The van der Waals surface area contributed by atoms with E-state index in [1.165, 1.54) is 0 Å². The van der Waals surface area contributed by atoms with Gasteiger partial charge in [0.25, 0.3) is 0 Å². The van der Waals surface area contributed by atoms with Crippen LogP contribution >= 0.6 is 0 Å². The molecule has 0 radical (unpaired) electrons. The Hall–Kier alpha value is -3.39. The smallest absolute Gasteiger partial charge is 0.404 e. The van der Waals surface area contributed by atoms with Crippen molar-refractivity contribution in [1.29, 1.82) is 0 Å². The van der Waals surface area contributed by atoms with E-state index in [-0.39, 0.29) is 17.8 Å². The molecule has 0 saturated carbocycles. The number of amides is 1. The summed E-state index contributed by atoms with van der Waals surface area (Å²) in [6.07, 6.45) is 0.293. The van der Waals surface area contributed by atoms with E-state index in [9.17, 15) is 15.0 Å². The Morgan fingerprint density at radius 3 is 2.81 bits per heavy atom. The van der Waals surface area contributed by atoms with Gasteiger partial charge in [0.15, 0.2) is 5.82 Å². The Kier molecular flexibility index (Phi) is 5.90. The largest absolute Gasteiger partial charge is 0.507 e. The van der Waals surface area contributed by atoms with Crippen LogP contribution in [0.3, 0.4) is 0 Å². The molecule has 0 spiro atoms. The third kappa shape index (κ3) is 4.25. The second-order valence-electron chi connectivity index (χ2n) is 7.80. The van der Waals surface area contributed by atoms with Crippen LogP contribution in [0, 0.1) is 6.92 Å². The van der Waals surface area contributed by atoms with Crippen molar-refractivity contribution in [3.8, 4) is 17.1 Å². The maximum absolute atomic E-state index is 11.3. The zero-order valence-corrected chi connectivity index (χ0v) is 17.6. The summed E-state index contributed by atoms with van der Waals surface area (Å²) >= 11 is 0. The van der Waals surface area contributed by atoms with Crippen LogP contribution in [0.5, 0.6) is 5.75 Å². The molecule has 1 saturated heterocycles. The zero-order chi connectivity index (χ0) is 22.0. The molecule has 31 heavy (non-hydrogen) atoms. The van der Waals surface area contributed by atoms with Crippen LogP contribution in [0.1, 0.15) is 18.4 Å². The normalized spacial score (nSPS) is 18.5. The predicted octanol–water partition coefficient (Wildman–Crippen LogP) is 3.56. The fourth-order valence-corrected chi connectivity index (χ4v) is 4.26. The fourth-order valence-electron chi connectivity index (χ4n) is 4.26. The fraction of sp³-hybridized carbons (Fsp3) is 0.348. The molecule has 1 amide bonds. The van der Waals surface area contributed by atoms with Crippen molar-refractivity contribution in [3.05, 3.63) is 48.0 Å². The van der Waals surface area contributed by atoms with E-state index >= 15 is 0 Å². The van der Waals surface area contributed by atoms with Gasteiger partial charge < -0.3 is 25.2 Å². The summed E-state index contributed by atoms with van der Waals surface area (Å²) in [5.41, 5.74) is 2.41. The number of methoxy groups -OCH3 is 1. The van der Waals surface area contributed by atoms with Gasteiger partial charge in [-0.3, -0.25) is 0 Å². The lowest BCUT2D eigenvalue weighted by Crippen LogP contribution is -2.45. The number of carbonyl (C=O) groups is 1. The molecule has 1 aliphatic heterocycles. The maximum Gasteiger partial charge on any atom is 0.404 e. The van der Waals surface area contributed by atoms with Crippen molar-refractivity contribution < 1.29 is 19.7 Å². The molecule has 0 aliphatic carbocycles. The molecule has 2 atom stereocenters. The van der Waals surface area contributed by atoms with E-state index in [2.05, 4.69) is 10.2 Å².